The molecule has 0 spiro atoms. The first-order valence-electron chi connectivity index (χ1n) is 8.81. The molecule has 3 unspecified atom stereocenters. The molecule has 1 saturated heterocycles. The average Bonchev–Trinajstić information content (AvgIpc) is 2.50. The number of nitrogens with zero attached hydrogens (tertiary/aromatic N) is 1. The molecule has 3 rings (SSSR count). The SMILES string of the molecule is CC(NN1C(C)CCCC1C)c1ccc2c(c1)CCCC2. The number of piperidine rings is 1. The van der Waals surface area contributed by atoms with Gasteiger partial charge in [-0.2, -0.15) is 0 Å². The van der Waals surface area contributed by atoms with Crippen molar-refractivity contribution in [3.05, 3.63) is 34.9 Å². The van der Waals surface area contributed by atoms with E-state index in [9.17, 15) is 0 Å². The second-order valence-corrected chi connectivity index (χ2v) is 7.12. The molecule has 0 bridgehead atoms. The summed E-state index contributed by atoms with van der Waals surface area (Å²) in [6.45, 7) is 7.00. The van der Waals surface area contributed by atoms with Crippen molar-refractivity contribution < 1.29 is 0 Å². The number of hydrogen-bond acceptors (Lipinski definition) is 2. The standard InChI is InChI=1S/C19H30N2/c1-14-7-6-8-15(2)21(14)20-16(3)18-12-11-17-9-4-5-10-19(17)13-18/h11-16,20H,4-10H2,1-3H3. The minimum Gasteiger partial charge on any atom is -0.247 e. The van der Waals surface area contributed by atoms with Gasteiger partial charge in [0.15, 0.2) is 0 Å². The molecule has 2 aliphatic rings. The van der Waals surface area contributed by atoms with E-state index in [4.69, 9.17) is 0 Å². The van der Waals surface area contributed by atoms with Gasteiger partial charge in [0.25, 0.3) is 0 Å². The van der Waals surface area contributed by atoms with Crippen molar-refractivity contribution >= 4 is 0 Å². The minimum atomic E-state index is 0.403. The first-order chi connectivity index (χ1) is 10.1. The van der Waals surface area contributed by atoms with E-state index in [1.165, 1.54) is 50.5 Å². The third kappa shape index (κ3) is 3.32. The van der Waals surface area contributed by atoms with Crippen molar-refractivity contribution in [3.63, 3.8) is 0 Å². The van der Waals surface area contributed by atoms with Crippen molar-refractivity contribution in [2.75, 3.05) is 0 Å². The molecule has 2 nitrogen and oxygen atoms in total. The fourth-order valence-corrected chi connectivity index (χ4v) is 4.00. The summed E-state index contributed by atoms with van der Waals surface area (Å²) in [4.78, 5) is 0. The second kappa shape index (κ2) is 6.50. The summed E-state index contributed by atoms with van der Waals surface area (Å²) in [5, 5.41) is 2.49. The van der Waals surface area contributed by atoms with E-state index in [-0.39, 0.29) is 0 Å². The Bertz CT molecular complexity index is 472. The predicted octanol–water partition coefficient (Wildman–Crippen LogP) is 4.39. The Balaban J connectivity index is 1.71. The normalized spacial score (nSPS) is 28.1. The first-order valence-corrected chi connectivity index (χ1v) is 8.81. The highest BCUT2D eigenvalue weighted by Crippen LogP contribution is 2.27. The van der Waals surface area contributed by atoms with Gasteiger partial charge in [0.1, 0.15) is 0 Å². The predicted molar refractivity (Wildman–Crippen MR) is 89.2 cm³/mol. The van der Waals surface area contributed by atoms with Crippen LogP contribution in [-0.2, 0) is 12.8 Å². The van der Waals surface area contributed by atoms with Crippen molar-refractivity contribution in [1.82, 2.24) is 10.4 Å². The molecular formula is C19H30N2. The smallest absolute Gasteiger partial charge is 0.0436 e. The van der Waals surface area contributed by atoms with Gasteiger partial charge in [0, 0.05) is 18.1 Å². The summed E-state index contributed by atoms with van der Waals surface area (Å²) in [5.41, 5.74) is 8.39. The van der Waals surface area contributed by atoms with Crippen LogP contribution in [0.1, 0.15) is 75.6 Å². The van der Waals surface area contributed by atoms with Crippen LogP contribution in [-0.4, -0.2) is 17.1 Å². The third-order valence-electron chi connectivity index (χ3n) is 5.41. The van der Waals surface area contributed by atoms with Gasteiger partial charge < -0.3 is 0 Å². The molecule has 116 valence electrons. The van der Waals surface area contributed by atoms with Crippen LogP contribution < -0.4 is 5.43 Å². The molecule has 0 amide bonds. The van der Waals surface area contributed by atoms with Gasteiger partial charge in [-0.15, -0.1) is 0 Å². The Hall–Kier alpha value is -0.860. The summed E-state index contributed by atoms with van der Waals surface area (Å²) >= 11 is 0. The zero-order chi connectivity index (χ0) is 14.8. The lowest BCUT2D eigenvalue weighted by atomic mass is 9.89. The first kappa shape index (κ1) is 15.1. The lowest BCUT2D eigenvalue weighted by Gasteiger charge is -2.41. The quantitative estimate of drug-likeness (QED) is 0.886. The van der Waals surface area contributed by atoms with E-state index in [2.05, 4.69) is 49.4 Å². The van der Waals surface area contributed by atoms with Crippen LogP contribution in [0.4, 0.5) is 0 Å². The largest absolute Gasteiger partial charge is 0.247 e. The van der Waals surface area contributed by atoms with Crippen LogP contribution in [0.15, 0.2) is 18.2 Å². The minimum absolute atomic E-state index is 0.403. The van der Waals surface area contributed by atoms with Crippen LogP contribution in [0.5, 0.6) is 0 Å². The van der Waals surface area contributed by atoms with Gasteiger partial charge >= 0.3 is 0 Å². The van der Waals surface area contributed by atoms with Crippen LogP contribution in [0, 0.1) is 0 Å². The zero-order valence-electron chi connectivity index (χ0n) is 13.9. The molecule has 2 heteroatoms. The lowest BCUT2D eigenvalue weighted by molar-refractivity contribution is 0.0320. The number of nitrogens with one attached hydrogen (secondary N) is 1. The zero-order valence-corrected chi connectivity index (χ0v) is 13.9. The topological polar surface area (TPSA) is 15.3 Å². The van der Waals surface area contributed by atoms with E-state index >= 15 is 0 Å². The van der Waals surface area contributed by atoms with Crippen LogP contribution in [0.25, 0.3) is 0 Å². The van der Waals surface area contributed by atoms with Crippen LogP contribution in [0.3, 0.4) is 0 Å². The van der Waals surface area contributed by atoms with E-state index in [1.54, 1.807) is 11.1 Å². The highest BCUT2D eigenvalue weighted by atomic mass is 15.5. The maximum absolute atomic E-state index is 3.77. The van der Waals surface area contributed by atoms with E-state index < -0.39 is 0 Å². The maximum atomic E-state index is 3.77. The van der Waals surface area contributed by atoms with Crippen molar-refractivity contribution in [2.45, 2.75) is 83.8 Å². The molecular weight excluding hydrogens is 256 g/mol. The van der Waals surface area contributed by atoms with Crippen molar-refractivity contribution in [2.24, 2.45) is 0 Å². The Morgan fingerprint density at radius 1 is 1.00 bits per heavy atom. The molecule has 1 N–H and O–H groups in total. The monoisotopic (exact) mass is 286 g/mol. The van der Waals surface area contributed by atoms with E-state index in [1.807, 2.05) is 0 Å². The summed E-state index contributed by atoms with van der Waals surface area (Å²) in [6.07, 6.45) is 9.27. The number of fused-ring (bicyclic) bond motifs is 1. The summed E-state index contributed by atoms with van der Waals surface area (Å²) in [7, 11) is 0. The summed E-state index contributed by atoms with van der Waals surface area (Å²) < 4.78 is 0. The number of hydrogen-bond donors (Lipinski definition) is 1. The molecule has 1 aliphatic carbocycles. The summed E-state index contributed by atoms with van der Waals surface area (Å²) in [5.74, 6) is 0. The molecule has 0 aromatic heterocycles. The van der Waals surface area contributed by atoms with Crippen molar-refractivity contribution in [1.29, 1.82) is 0 Å². The number of rotatable bonds is 3. The summed E-state index contributed by atoms with van der Waals surface area (Å²) in [6, 6.07) is 8.85. The van der Waals surface area contributed by atoms with Gasteiger partial charge in [-0.3, -0.25) is 0 Å². The van der Waals surface area contributed by atoms with Gasteiger partial charge in [-0.05, 0) is 76.0 Å². The second-order valence-electron chi connectivity index (χ2n) is 7.12. The van der Waals surface area contributed by atoms with Gasteiger partial charge in [-0.25, -0.2) is 10.4 Å². The molecule has 0 radical (unpaired) electrons. The van der Waals surface area contributed by atoms with Crippen LogP contribution in [0.2, 0.25) is 0 Å². The molecule has 0 saturated carbocycles. The van der Waals surface area contributed by atoms with Gasteiger partial charge in [0.05, 0.1) is 0 Å². The van der Waals surface area contributed by atoms with E-state index in [0.29, 0.717) is 18.1 Å². The molecule has 3 atom stereocenters. The molecule has 1 heterocycles. The van der Waals surface area contributed by atoms with Crippen molar-refractivity contribution in [3.8, 4) is 0 Å². The lowest BCUT2D eigenvalue weighted by Crippen LogP contribution is -2.52. The maximum Gasteiger partial charge on any atom is 0.0436 e. The molecule has 1 fully saturated rings. The fraction of sp³-hybridized carbons (Fsp3) is 0.684. The van der Waals surface area contributed by atoms with Crippen LogP contribution >= 0.6 is 0 Å². The molecule has 1 aliphatic heterocycles. The van der Waals surface area contributed by atoms with Gasteiger partial charge in [0.2, 0.25) is 0 Å². The average molecular weight is 286 g/mol. The Morgan fingerprint density at radius 3 is 2.38 bits per heavy atom. The highest BCUT2D eigenvalue weighted by molar-refractivity contribution is 5.35. The number of benzene rings is 1. The van der Waals surface area contributed by atoms with Gasteiger partial charge in [-0.1, -0.05) is 24.6 Å². The third-order valence-corrected chi connectivity index (χ3v) is 5.41. The molecule has 1 aromatic carbocycles. The Kier molecular flexibility index (Phi) is 4.66. The Labute approximate surface area is 129 Å². The number of aryl methyl sites for hydroxylation is 2. The molecule has 21 heavy (non-hydrogen) atoms. The fourth-order valence-electron chi connectivity index (χ4n) is 4.00. The molecule has 1 aromatic rings. The Morgan fingerprint density at radius 2 is 1.67 bits per heavy atom. The highest BCUT2D eigenvalue weighted by Gasteiger charge is 2.26. The number of hydrazine groups is 1. The van der Waals surface area contributed by atoms with E-state index in [0.717, 1.165) is 0 Å².